The first-order chi connectivity index (χ1) is 19.0. The van der Waals surface area contributed by atoms with Gasteiger partial charge in [-0.15, -0.1) is 0 Å². The molecule has 10 nitrogen and oxygen atoms in total. The molecule has 10 heteroatoms. The summed E-state index contributed by atoms with van der Waals surface area (Å²) in [7, 11) is 1.51. The van der Waals surface area contributed by atoms with E-state index in [-0.39, 0.29) is 37.3 Å². The third kappa shape index (κ3) is 5.25. The Kier molecular flexibility index (Phi) is 7.03. The number of aromatic nitrogens is 2. The second kappa shape index (κ2) is 10.8. The van der Waals surface area contributed by atoms with Gasteiger partial charge < -0.3 is 34.6 Å². The minimum absolute atomic E-state index is 0.0333. The molecule has 0 saturated heterocycles. The Morgan fingerprint density at radius 3 is 2.56 bits per heavy atom. The molecule has 2 fully saturated rings. The van der Waals surface area contributed by atoms with Gasteiger partial charge >= 0.3 is 0 Å². The molecule has 3 aromatic rings. The predicted octanol–water partition coefficient (Wildman–Crippen LogP) is 3.86. The van der Waals surface area contributed by atoms with Crippen LogP contribution in [0.15, 0.2) is 24.4 Å². The number of nitrogens with one attached hydrogen (secondary N) is 3. The number of aryl methyl sites for hydroxylation is 1. The molecule has 0 atom stereocenters. The van der Waals surface area contributed by atoms with Crippen molar-refractivity contribution >= 4 is 22.8 Å². The summed E-state index contributed by atoms with van der Waals surface area (Å²) in [6.07, 6.45) is 7.30. The van der Waals surface area contributed by atoms with Crippen LogP contribution in [0.2, 0.25) is 0 Å². The van der Waals surface area contributed by atoms with Crippen LogP contribution in [-0.2, 0) is 9.53 Å². The zero-order valence-electron chi connectivity index (χ0n) is 22.3. The number of amides is 2. The van der Waals surface area contributed by atoms with Gasteiger partial charge in [-0.1, -0.05) is 0 Å². The molecule has 0 radical (unpaired) electrons. The molecule has 2 saturated carbocycles. The van der Waals surface area contributed by atoms with Gasteiger partial charge in [-0.25, -0.2) is 0 Å². The molecule has 1 aromatic carbocycles. The highest BCUT2D eigenvalue weighted by Crippen LogP contribution is 2.49. The molecule has 206 valence electrons. The van der Waals surface area contributed by atoms with Gasteiger partial charge in [-0.2, -0.15) is 0 Å². The molecule has 3 heterocycles. The molecule has 0 unspecified atom stereocenters. The van der Waals surface area contributed by atoms with Gasteiger partial charge in [-0.3, -0.25) is 14.6 Å². The fourth-order valence-electron chi connectivity index (χ4n) is 5.55. The predicted molar refractivity (Wildman–Crippen MR) is 144 cm³/mol. The Hall–Kier alpha value is -3.79. The summed E-state index contributed by atoms with van der Waals surface area (Å²) in [6.45, 7) is 2.77. The van der Waals surface area contributed by atoms with Crippen LogP contribution in [-0.4, -0.2) is 61.0 Å². The number of ether oxygens (including phenoxy) is 4. The topological polar surface area (TPSA) is 124 Å². The molecule has 1 aliphatic heterocycles. The third-order valence-corrected chi connectivity index (χ3v) is 7.75. The number of H-pyrrole nitrogens is 1. The first kappa shape index (κ1) is 25.5. The van der Waals surface area contributed by atoms with E-state index in [4.69, 9.17) is 18.9 Å². The van der Waals surface area contributed by atoms with Crippen molar-refractivity contribution in [2.75, 3.05) is 27.1 Å². The largest absolute Gasteiger partial charge is 0.493 e. The lowest BCUT2D eigenvalue weighted by Gasteiger charge is -2.29. The van der Waals surface area contributed by atoms with Crippen LogP contribution in [0.5, 0.6) is 17.2 Å². The van der Waals surface area contributed by atoms with E-state index < -0.39 is 0 Å². The zero-order chi connectivity index (χ0) is 26.9. The summed E-state index contributed by atoms with van der Waals surface area (Å²) in [5, 5.41) is 6.20. The number of hydrogen-bond acceptors (Lipinski definition) is 7. The van der Waals surface area contributed by atoms with Crippen LogP contribution in [0.3, 0.4) is 0 Å². The summed E-state index contributed by atoms with van der Waals surface area (Å²) in [6, 6.07) is 5.86. The van der Waals surface area contributed by atoms with E-state index in [1.807, 2.05) is 25.1 Å². The van der Waals surface area contributed by atoms with E-state index in [2.05, 4.69) is 20.6 Å². The molecule has 6 rings (SSSR count). The number of carbonyl (C=O) groups is 2. The van der Waals surface area contributed by atoms with Gasteiger partial charge in [0.1, 0.15) is 17.9 Å². The van der Waals surface area contributed by atoms with Crippen LogP contribution in [0.1, 0.15) is 54.6 Å². The van der Waals surface area contributed by atoms with Gasteiger partial charge in [0.2, 0.25) is 12.7 Å². The Morgan fingerprint density at radius 1 is 1.05 bits per heavy atom. The number of benzene rings is 1. The van der Waals surface area contributed by atoms with E-state index in [9.17, 15) is 9.59 Å². The van der Waals surface area contributed by atoms with E-state index in [1.54, 1.807) is 6.20 Å². The van der Waals surface area contributed by atoms with Crippen molar-refractivity contribution in [1.29, 1.82) is 0 Å². The number of rotatable bonds is 9. The normalized spacial score (nSPS) is 20.2. The summed E-state index contributed by atoms with van der Waals surface area (Å²) in [5.41, 5.74) is 4.29. The minimum Gasteiger partial charge on any atom is -0.493 e. The first-order valence-electron chi connectivity index (χ1n) is 13.6. The van der Waals surface area contributed by atoms with Crippen LogP contribution in [0.25, 0.3) is 22.2 Å². The first-order valence-corrected chi connectivity index (χ1v) is 13.6. The average molecular weight is 535 g/mol. The Bertz CT molecular complexity index is 1390. The highest BCUT2D eigenvalue weighted by molar-refractivity contribution is 6.10. The highest BCUT2D eigenvalue weighted by atomic mass is 16.7. The SMILES string of the molecule is COCC(=O)N[C@H]1CC[C@@H](NC(=O)c2c(C)[nH]c3c(-c4c(OCC5CC5)ccc5c4OCO5)ccnc23)CC1. The number of nitrogens with zero attached hydrogens (tertiary/aromatic N) is 1. The van der Waals surface area contributed by atoms with Crippen molar-refractivity contribution in [2.24, 2.45) is 5.92 Å². The lowest BCUT2D eigenvalue weighted by molar-refractivity contribution is -0.125. The second-order valence-electron chi connectivity index (χ2n) is 10.7. The summed E-state index contributed by atoms with van der Waals surface area (Å²) < 4.78 is 22.7. The second-order valence-corrected chi connectivity index (χ2v) is 10.7. The van der Waals surface area contributed by atoms with Crippen molar-refractivity contribution in [3.05, 3.63) is 35.7 Å². The van der Waals surface area contributed by atoms with Crippen molar-refractivity contribution in [3.8, 4) is 28.4 Å². The lowest BCUT2D eigenvalue weighted by atomic mass is 9.91. The van der Waals surface area contributed by atoms with Crippen molar-refractivity contribution < 1.29 is 28.5 Å². The maximum absolute atomic E-state index is 13.5. The standard InChI is InChI=1S/C29H34N4O6/c1-16-24(29(35)33-19-7-5-18(6-8-19)32-23(34)14-36-2)27-26(31-16)20(11-12-30-27)25-21(37-13-17-3-4-17)9-10-22-28(25)39-15-38-22/h9-12,17-19,31H,3-8,13-15H2,1-2H3,(H,32,34)(H,33,35)/t18-,19+. The van der Waals surface area contributed by atoms with Crippen molar-refractivity contribution in [2.45, 2.75) is 57.5 Å². The zero-order valence-corrected chi connectivity index (χ0v) is 22.3. The molecular weight excluding hydrogens is 500 g/mol. The van der Waals surface area contributed by atoms with Gasteiger partial charge in [0.05, 0.1) is 23.3 Å². The van der Waals surface area contributed by atoms with E-state index >= 15 is 0 Å². The fraction of sp³-hybridized carbons (Fsp3) is 0.483. The summed E-state index contributed by atoms with van der Waals surface area (Å²) >= 11 is 0. The van der Waals surface area contributed by atoms with Crippen molar-refractivity contribution in [1.82, 2.24) is 20.6 Å². The average Bonchev–Trinajstić information content (AvgIpc) is 3.51. The number of hydrogen-bond donors (Lipinski definition) is 3. The smallest absolute Gasteiger partial charge is 0.255 e. The summed E-state index contributed by atoms with van der Waals surface area (Å²) in [5.74, 6) is 2.38. The maximum atomic E-state index is 13.5. The van der Waals surface area contributed by atoms with E-state index in [1.165, 1.54) is 20.0 Å². The molecule has 0 bridgehead atoms. The molecule has 0 spiro atoms. The van der Waals surface area contributed by atoms with Crippen LogP contribution in [0, 0.1) is 12.8 Å². The molecule has 3 aliphatic rings. The number of aromatic amines is 1. The number of carbonyl (C=O) groups excluding carboxylic acids is 2. The number of fused-ring (bicyclic) bond motifs is 2. The summed E-state index contributed by atoms with van der Waals surface area (Å²) in [4.78, 5) is 33.4. The molecule has 2 aromatic heterocycles. The number of pyridine rings is 1. The lowest BCUT2D eigenvalue weighted by Crippen LogP contribution is -2.44. The van der Waals surface area contributed by atoms with Gasteiger partial charge in [0.25, 0.3) is 5.91 Å². The maximum Gasteiger partial charge on any atom is 0.255 e. The van der Waals surface area contributed by atoms with Gasteiger partial charge in [0, 0.05) is 36.6 Å². The molecular formula is C29H34N4O6. The van der Waals surface area contributed by atoms with Crippen molar-refractivity contribution in [3.63, 3.8) is 0 Å². The van der Waals surface area contributed by atoms with Gasteiger partial charge in [-0.05, 0) is 69.6 Å². The van der Waals surface area contributed by atoms with E-state index in [0.717, 1.165) is 53.8 Å². The number of methoxy groups -OCH3 is 1. The third-order valence-electron chi connectivity index (χ3n) is 7.75. The molecule has 3 N–H and O–H groups in total. The van der Waals surface area contributed by atoms with Gasteiger partial charge in [0.15, 0.2) is 11.5 Å². The Morgan fingerprint density at radius 2 is 1.82 bits per heavy atom. The van der Waals surface area contributed by atoms with Crippen LogP contribution >= 0.6 is 0 Å². The Labute approximate surface area is 226 Å². The molecule has 2 amide bonds. The fourth-order valence-corrected chi connectivity index (χ4v) is 5.55. The minimum atomic E-state index is -0.154. The quantitative estimate of drug-likeness (QED) is 0.381. The monoisotopic (exact) mass is 534 g/mol. The molecule has 39 heavy (non-hydrogen) atoms. The van der Waals surface area contributed by atoms with Crippen LogP contribution in [0.4, 0.5) is 0 Å². The Balaban J connectivity index is 1.24. The highest BCUT2D eigenvalue weighted by Gasteiger charge is 2.30. The molecule has 2 aliphatic carbocycles. The van der Waals surface area contributed by atoms with Crippen LogP contribution < -0.4 is 24.8 Å². The van der Waals surface area contributed by atoms with E-state index in [0.29, 0.717) is 35.1 Å².